The Hall–Kier alpha value is -1.29. The maximum atomic E-state index is 11.5. The van der Waals surface area contributed by atoms with Gasteiger partial charge in [-0.3, -0.25) is 4.79 Å². The highest BCUT2D eigenvalue weighted by molar-refractivity contribution is 6.29. The number of nitrogens with one attached hydrogen (secondary N) is 1. The van der Waals surface area contributed by atoms with Crippen LogP contribution in [0, 0.1) is 5.92 Å². The monoisotopic (exact) mass is 268 g/mol. The van der Waals surface area contributed by atoms with Gasteiger partial charge in [-0.1, -0.05) is 18.0 Å². The number of pyridine rings is 1. The summed E-state index contributed by atoms with van der Waals surface area (Å²) in [6, 6.07) is 3.95. The molecule has 1 aliphatic carbocycles. The molecule has 1 aromatic heterocycles. The van der Waals surface area contributed by atoms with E-state index in [-0.39, 0.29) is 11.9 Å². The second kappa shape index (κ2) is 6.05. The van der Waals surface area contributed by atoms with Crippen LogP contribution in [-0.2, 0) is 9.53 Å². The Labute approximate surface area is 112 Å². The highest BCUT2D eigenvalue weighted by atomic mass is 35.5. The van der Waals surface area contributed by atoms with Gasteiger partial charge in [0.2, 0.25) is 0 Å². The predicted molar refractivity (Wildman–Crippen MR) is 70.6 cm³/mol. The van der Waals surface area contributed by atoms with Gasteiger partial charge in [0.25, 0.3) is 0 Å². The summed E-state index contributed by atoms with van der Waals surface area (Å²) in [5.74, 6) is -0.0859. The molecule has 2 atom stereocenters. The lowest BCUT2D eigenvalue weighted by Crippen LogP contribution is -2.31. The van der Waals surface area contributed by atoms with E-state index in [4.69, 9.17) is 16.3 Å². The standard InChI is InChI=1S/C13H17ClN2O2/c1-18-13(17)9-3-2-4-10(7-9)16-11-5-6-12(14)15-8-11/h5-6,8-10,16H,2-4,7H2,1H3. The van der Waals surface area contributed by atoms with Crippen molar-refractivity contribution >= 4 is 23.3 Å². The Bertz CT molecular complexity index is 408. The van der Waals surface area contributed by atoms with E-state index >= 15 is 0 Å². The first-order valence-electron chi connectivity index (χ1n) is 6.15. The Morgan fingerprint density at radius 1 is 1.50 bits per heavy atom. The third-order valence-electron chi connectivity index (χ3n) is 3.31. The molecule has 1 aliphatic rings. The molecule has 0 amide bonds. The van der Waals surface area contributed by atoms with Crippen LogP contribution in [0.25, 0.3) is 0 Å². The zero-order valence-electron chi connectivity index (χ0n) is 10.4. The van der Waals surface area contributed by atoms with Crippen molar-refractivity contribution < 1.29 is 9.53 Å². The highest BCUT2D eigenvalue weighted by Gasteiger charge is 2.27. The first-order chi connectivity index (χ1) is 8.69. The van der Waals surface area contributed by atoms with Gasteiger partial charge in [-0.15, -0.1) is 0 Å². The Morgan fingerprint density at radius 2 is 2.33 bits per heavy atom. The first-order valence-corrected chi connectivity index (χ1v) is 6.52. The molecule has 1 N–H and O–H groups in total. The van der Waals surface area contributed by atoms with E-state index in [1.54, 1.807) is 12.3 Å². The maximum Gasteiger partial charge on any atom is 0.308 e. The molecule has 2 unspecified atom stereocenters. The zero-order valence-corrected chi connectivity index (χ0v) is 11.1. The molecule has 0 bridgehead atoms. The molecule has 18 heavy (non-hydrogen) atoms. The molecule has 0 spiro atoms. The molecule has 1 aromatic rings. The number of anilines is 1. The Morgan fingerprint density at radius 3 is 3.00 bits per heavy atom. The number of methoxy groups -OCH3 is 1. The first kappa shape index (κ1) is 13.1. The summed E-state index contributed by atoms with van der Waals surface area (Å²) in [5.41, 5.74) is 0.940. The molecule has 4 nitrogen and oxygen atoms in total. The summed E-state index contributed by atoms with van der Waals surface area (Å²) >= 11 is 5.74. The van der Waals surface area contributed by atoms with Crippen molar-refractivity contribution in [2.45, 2.75) is 31.7 Å². The van der Waals surface area contributed by atoms with Gasteiger partial charge in [-0.25, -0.2) is 4.98 Å². The summed E-state index contributed by atoms with van der Waals surface area (Å²) in [6.45, 7) is 0. The molecule has 1 fully saturated rings. The van der Waals surface area contributed by atoms with Gasteiger partial charge in [-0.05, 0) is 31.4 Å². The number of halogens is 1. The average molecular weight is 269 g/mol. The molecule has 0 radical (unpaired) electrons. The molecular formula is C13H17ClN2O2. The van der Waals surface area contributed by atoms with Gasteiger partial charge in [0.15, 0.2) is 0 Å². The quantitative estimate of drug-likeness (QED) is 0.676. The van der Waals surface area contributed by atoms with Gasteiger partial charge in [-0.2, -0.15) is 0 Å². The number of rotatable bonds is 3. The molecule has 5 heteroatoms. The van der Waals surface area contributed by atoms with Crippen LogP contribution < -0.4 is 5.32 Å². The second-order valence-corrected chi connectivity index (χ2v) is 4.98. The van der Waals surface area contributed by atoms with E-state index in [1.807, 2.05) is 6.07 Å². The molecule has 0 aliphatic heterocycles. The largest absolute Gasteiger partial charge is 0.469 e. The van der Waals surface area contributed by atoms with Crippen molar-refractivity contribution in [3.8, 4) is 0 Å². The van der Waals surface area contributed by atoms with Gasteiger partial charge in [0, 0.05) is 6.04 Å². The van der Waals surface area contributed by atoms with E-state index in [1.165, 1.54) is 7.11 Å². The maximum absolute atomic E-state index is 11.5. The van der Waals surface area contributed by atoms with E-state index in [0.717, 1.165) is 31.4 Å². The molecule has 1 saturated carbocycles. The second-order valence-electron chi connectivity index (χ2n) is 4.60. The summed E-state index contributed by atoms with van der Waals surface area (Å²) in [7, 11) is 1.45. The third-order valence-corrected chi connectivity index (χ3v) is 3.53. The fourth-order valence-corrected chi connectivity index (χ4v) is 2.51. The van der Waals surface area contributed by atoms with Crippen molar-refractivity contribution in [2.75, 3.05) is 12.4 Å². The fourth-order valence-electron chi connectivity index (χ4n) is 2.40. The van der Waals surface area contributed by atoms with E-state index in [9.17, 15) is 4.79 Å². The van der Waals surface area contributed by atoms with Gasteiger partial charge >= 0.3 is 5.97 Å². The molecular weight excluding hydrogens is 252 g/mol. The third kappa shape index (κ3) is 3.35. The van der Waals surface area contributed by atoms with Crippen molar-refractivity contribution in [2.24, 2.45) is 5.92 Å². The molecule has 0 aromatic carbocycles. The minimum atomic E-state index is -0.101. The Kier molecular flexibility index (Phi) is 4.42. The number of hydrogen-bond donors (Lipinski definition) is 1. The SMILES string of the molecule is COC(=O)C1CCCC(Nc2ccc(Cl)nc2)C1. The molecule has 0 saturated heterocycles. The summed E-state index contributed by atoms with van der Waals surface area (Å²) in [5, 5.41) is 3.87. The number of carbonyl (C=O) groups is 1. The number of esters is 1. The summed E-state index contributed by atoms with van der Waals surface area (Å²) in [6.07, 6.45) is 5.55. The smallest absolute Gasteiger partial charge is 0.308 e. The minimum absolute atomic E-state index is 0.0153. The molecule has 2 rings (SSSR count). The van der Waals surface area contributed by atoms with Gasteiger partial charge < -0.3 is 10.1 Å². The van der Waals surface area contributed by atoms with Crippen LogP contribution in [0.1, 0.15) is 25.7 Å². The van der Waals surface area contributed by atoms with Crippen LogP contribution in [0.5, 0.6) is 0 Å². The summed E-state index contributed by atoms with van der Waals surface area (Å²) < 4.78 is 4.81. The number of aromatic nitrogens is 1. The van der Waals surface area contributed by atoms with Crippen molar-refractivity contribution in [1.29, 1.82) is 0 Å². The molecule has 1 heterocycles. The highest BCUT2D eigenvalue weighted by Crippen LogP contribution is 2.27. The normalized spacial score (nSPS) is 23.4. The van der Waals surface area contributed by atoms with Gasteiger partial charge in [0.1, 0.15) is 5.15 Å². The van der Waals surface area contributed by atoms with Crippen LogP contribution in [0.3, 0.4) is 0 Å². The summed E-state index contributed by atoms with van der Waals surface area (Å²) in [4.78, 5) is 15.6. The number of ether oxygens (including phenoxy) is 1. The predicted octanol–water partition coefficient (Wildman–Crippen LogP) is 2.88. The van der Waals surface area contributed by atoms with Crippen molar-refractivity contribution in [3.05, 3.63) is 23.5 Å². The van der Waals surface area contributed by atoms with E-state index < -0.39 is 0 Å². The lowest BCUT2D eigenvalue weighted by Gasteiger charge is -2.28. The van der Waals surface area contributed by atoms with E-state index in [0.29, 0.717) is 11.2 Å². The number of nitrogens with zero attached hydrogens (tertiary/aromatic N) is 1. The molecule has 98 valence electrons. The Balaban J connectivity index is 1.93. The average Bonchev–Trinajstić information content (AvgIpc) is 2.41. The topological polar surface area (TPSA) is 51.2 Å². The minimum Gasteiger partial charge on any atom is -0.469 e. The van der Waals surface area contributed by atoms with Crippen molar-refractivity contribution in [1.82, 2.24) is 4.98 Å². The van der Waals surface area contributed by atoms with Crippen molar-refractivity contribution in [3.63, 3.8) is 0 Å². The zero-order chi connectivity index (χ0) is 13.0. The lowest BCUT2D eigenvalue weighted by molar-refractivity contribution is -0.146. The van der Waals surface area contributed by atoms with Crippen LogP contribution in [0.4, 0.5) is 5.69 Å². The van der Waals surface area contributed by atoms with Crippen LogP contribution >= 0.6 is 11.6 Å². The van der Waals surface area contributed by atoms with Crippen LogP contribution in [0.2, 0.25) is 5.15 Å². The van der Waals surface area contributed by atoms with Crippen LogP contribution in [0.15, 0.2) is 18.3 Å². The van der Waals surface area contributed by atoms with E-state index in [2.05, 4.69) is 10.3 Å². The number of carbonyl (C=O) groups excluding carboxylic acids is 1. The van der Waals surface area contributed by atoms with Crippen LogP contribution in [-0.4, -0.2) is 24.1 Å². The fraction of sp³-hybridized carbons (Fsp3) is 0.538. The lowest BCUT2D eigenvalue weighted by atomic mass is 9.85. The number of hydrogen-bond acceptors (Lipinski definition) is 4. The van der Waals surface area contributed by atoms with Gasteiger partial charge in [0.05, 0.1) is 24.9 Å².